The Morgan fingerprint density at radius 2 is 1.35 bits per heavy atom. The molecule has 2 heteroatoms. The van der Waals surface area contributed by atoms with Crippen molar-refractivity contribution >= 4 is 0 Å². The summed E-state index contributed by atoms with van der Waals surface area (Å²) in [5.74, 6) is 1.16. The van der Waals surface area contributed by atoms with E-state index in [1.54, 1.807) is 0 Å². The largest absolute Gasteiger partial charge is 0.313 e. The average Bonchev–Trinajstić information content (AvgIpc) is 3.01. The fourth-order valence-corrected chi connectivity index (χ4v) is 5.76. The zero-order valence-corrected chi connectivity index (χ0v) is 16.2. The Labute approximate surface area is 158 Å². The molecule has 2 aromatic rings. The normalized spacial score (nSPS) is 31.1. The molecule has 3 fully saturated rings. The number of rotatable bonds is 5. The average molecular weight is 349 g/mol. The van der Waals surface area contributed by atoms with E-state index in [4.69, 9.17) is 0 Å². The first-order valence-corrected chi connectivity index (χ1v) is 10.4. The summed E-state index contributed by atoms with van der Waals surface area (Å²) in [5.41, 5.74) is 3.32. The van der Waals surface area contributed by atoms with Crippen molar-refractivity contribution in [1.82, 2.24) is 10.2 Å². The Kier molecular flexibility index (Phi) is 5.15. The van der Waals surface area contributed by atoms with Gasteiger partial charge in [-0.1, -0.05) is 74.5 Å². The van der Waals surface area contributed by atoms with Crippen LogP contribution >= 0.6 is 0 Å². The molecule has 0 amide bonds. The van der Waals surface area contributed by atoms with Gasteiger partial charge in [-0.05, 0) is 50.0 Å². The van der Waals surface area contributed by atoms with Crippen LogP contribution in [0.2, 0.25) is 0 Å². The summed E-state index contributed by atoms with van der Waals surface area (Å²) in [4.78, 5) is 2.75. The molecule has 1 aliphatic carbocycles. The third-order valence-electron chi connectivity index (χ3n) is 6.93. The van der Waals surface area contributed by atoms with E-state index in [1.165, 1.54) is 30.4 Å². The van der Waals surface area contributed by atoms with E-state index in [0.29, 0.717) is 23.4 Å². The van der Waals surface area contributed by atoms with Gasteiger partial charge in [0.05, 0.1) is 0 Å². The molecule has 2 atom stereocenters. The standard InChI is InChI=1S/C24H32N2/c1-3-26(4-2)24-15-16-25-23(21(17-24)19-11-7-5-8-12-19)22(18-24)20-13-9-6-10-14-20/h5-14,21-23,25H,3-4,15-18H2,1-2H3. The van der Waals surface area contributed by atoms with Gasteiger partial charge in [0.2, 0.25) is 0 Å². The van der Waals surface area contributed by atoms with E-state index in [-0.39, 0.29) is 0 Å². The van der Waals surface area contributed by atoms with Crippen LogP contribution < -0.4 is 5.32 Å². The lowest BCUT2D eigenvalue weighted by atomic mass is 9.63. The van der Waals surface area contributed by atoms with Crippen LogP contribution in [0.1, 0.15) is 56.1 Å². The van der Waals surface area contributed by atoms with Crippen molar-refractivity contribution in [2.45, 2.75) is 56.5 Å². The van der Waals surface area contributed by atoms with Crippen LogP contribution in [0.4, 0.5) is 0 Å². The second kappa shape index (κ2) is 7.54. The van der Waals surface area contributed by atoms with E-state index in [1.807, 2.05) is 0 Å². The molecule has 2 nitrogen and oxygen atoms in total. The van der Waals surface area contributed by atoms with Gasteiger partial charge in [0.1, 0.15) is 0 Å². The molecule has 2 unspecified atom stereocenters. The highest BCUT2D eigenvalue weighted by atomic mass is 15.2. The molecule has 0 radical (unpaired) electrons. The molecule has 3 aliphatic rings. The zero-order valence-electron chi connectivity index (χ0n) is 16.2. The third-order valence-corrected chi connectivity index (χ3v) is 6.93. The predicted octanol–water partition coefficient (Wildman–Crippen LogP) is 4.79. The predicted molar refractivity (Wildman–Crippen MR) is 110 cm³/mol. The molecular formula is C24H32N2. The van der Waals surface area contributed by atoms with Crippen LogP contribution in [0, 0.1) is 0 Å². The van der Waals surface area contributed by atoms with Crippen molar-refractivity contribution in [2.24, 2.45) is 0 Å². The van der Waals surface area contributed by atoms with Gasteiger partial charge in [-0.15, -0.1) is 0 Å². The first kappa shape index (κ1) is 17.8. The van der Waals surface area contributed by atoms with Crippen molar-refractivity contribution in [3.63, 3.8) is 0 Å². The van der Waals surface area contributed by atoms with Crippen LogP contribution in [0.5, 0.6) is 0 Å². The molecule has 5 rings (SSSR count). The molecule has 2 bridgehead atoms. The molecule has 138 valence electrons. The van der Waals surface area contributed by atoms with Crippen molar-refractivity contribution < 1.29 is 0 Å². The number of fused-ring (bicyclic) bond motifs is 4. The van der Waals surface area contributed by atoms with Crippen LogP contribution in [-0.4, -0.2) is 36.1 Å². The lowest BCUT2D eigenvalue weighted by Gasteiger charge is -2.51. The summed E-state index contributed by atoms with van der Waals surface area (Å²) >= 11 is 0. The van der Waals surface area contributed by atoms with Gasteiger partial charge in [0.25, 0.3) is 0 Å². The molecule has 1 N–H and O–H groups in total. The maximum atomic E-state index is 3.97. The lowest BCUT2D eigenvalue weighted by Crippen LogP contribution is -2.54. The van der Waals surface area contributed by atoms with E-state index >= 15 is 0 Å². The molecular weight excluding hydrogens is 316 g/mol. The van der Waals surface area contributed by atoms with Crippen molar-refractivity contribution in [3.05, 3.63) is 71.8 Å². The molecule has 2 saturated heterocycles. The topological polar surface area (TPSA) is 15.3 Å². The van der Waals surface area contributed by atoms with Crippen LogP contribution in [0.3, 0.4) is 0 Å². The molecule has 26 heavy (non-hydrogen) atoms. The Balaban J connectivity index is 1.79. The molecule has 1 saturated carbocycles. The Morgan fingerprint density at radius 1 is 0.846 bits per heavy atom. The van der Waals surface area contributed by atoms with Gasteiger partial charge in [-0.2, -0.15) is 0 Å². The zero-order chi connectivity index (χ0) is 18.0. The monoisotopic (exact) mass is 348 g/mol. The van der Waals surface area contributed by atoms with E-state index in [9.17, 15) is 0 Å². The third kappa shape index (κ3) is 3.10. The number of nitrogens with one attached hydrogen (secondary N) is 1. The minimum absolute atomic E-state index is 0.310. The lowest BCUT2D eigenvalue weighted by molar-refractivity contribution is 0.0434. The Bertz CT molecular complexity index is 643. The fourth-order valence-electron chi connectivity index (χ4n) is 5.76. The fraction of sp³-hybridized carbons (Fsp3) is 0.500. The van der Waals surface area contributed by atoms with Crippen molar-refractivity contribution in [2.75, 3.05) is 19.6 Å². The first-order valence-electron chi connectivity index (χ1n) is 10.4. The van der Waals surface area contributed by atoms with Gasteiger partial charge in [0, 0.05) is 23.4 Å². The highest BCUT2D eigenvalue weighted by molar-refractivity contribution is 5.32. The minimum atomic E-state index is 0.310. The second-order valence-electron chi connectivity index (χ2n) is 8.07. The maximum absolute atomic E-state index is 3.97. The molecule has 0 spiro atoms. The maximum Gasteiger partial charge on any atom is 0.0234 e. The summed E-state index contributed by atoms with van der Waals surface area (Å²) in [6.45, 7) is 8.08. The first-order chi connectivity index (χ1) is 12.8. The van der Waals surface area contributed by atoms with Crippen molar-refractivity contribution in [1.29, 1.82) is 0 Å². The number of nitrogens with zero attached hydrogens (tertiary/aromatic N) is 1. The summed E-state index contributed by atoms with van der Waals surface area (Å²) in [5, 5.41) is 3.97. The van der Waals surface area contributed by atoms with Crippen LogP contribution in [-0.2, 0) is 0 Å². The second-order valence-corrected chi connectivity index (χ2v) is 8.07. The highest BCUT2D eigenvalue weighted by Gasteiger charge is 2.50. The number of hydrogen-bond donors (Lipinski definition) is 1. The Morgan fingerprint density at radius 3 is 1.81 bits per heavy atom. The van der Waals surface area contributed by atoms with Gasteiger partial charge in [-0.25, -0.2) is 0 Å². The quantitative estimate of drug-likeness (QED) is 0.836. The molecule has 2 heterocycles. The minimum Gasteiger partial charge on any atom is -0.313 e. The molecule has 2 aliphatic heterocycles. The van der Waals surface area contributed by atoms with Crippen LogP contribution in [0.25, 0.3) is 0 Å². The summed E-state index contributed by atoms with van der Waals surface area (Å²) in [6.07, 6.45) is 3.82. The van der Waals surface area contributed by atoms with E-state index < -0.39 is 0 Å². The molecule has 0 aromatic heterocycles. The SMILES string of the molecule is CCN(CC)C12CCNC(C(c3ccccc3)C1)C(c1ccccc1)C2. The number of hydrogen-bond acceptors (Lipinski definition) is 2. The summed E-state index contributed by atoms with van der Waals surface area (Å²) in [6, 6.07) is 23.0. The van der Waals surface area contributed by atoms with Gasteiger partial charge >= 0.3 is 0 Å². The smallest absolute Gasteiger partial charge is 0.0234 e. The van der Waals surface area contributed by atoms with Gasteiger partial charge in [0.15, 0.2) is 0 Å². The molecule has 2 aromatic carbocycles. The van der Waals surface area contributed by atoms with Gasteiger partial charge in [-0.3, -0.25) is 4.90 Å². The Hall–Kier alpha value is -1.64. The van der Waals surface area contributed by atoms with E-state index in [2.05, 4.69) is 84.7 Å². The van der Waals surface area contributed by atoms with Crippen molar-refractivity contribution in [3.8, 4) is 0 Å². The number of benzene rings is 2. The van der Waals surface area contributed by atoms with Gasteiger partial charge < -0.3 is 5.32 Å². The van der Waals surface area contributed by atoms with Crippen LogP contribution in [0.15, 0.2) is 60.7 Å². The summed E-state index contributed by atoms with van der Waals surface area (Å²) < 4.78 is 0. The summed E-state index contributed by atoms with van der Waals surface area (Å²) in [7, 11) is 0. The van der Waals surface area contributed by atoms with E-state index in [0.717, 1.165) is 19.6 Å². The highest BCUT2D eigenvalue weighted by Crippen LogP contribution is 2.51.